The normalized spacial score (nSPS) is 17.4. The molecule has 0 bridgehead atoms. The van der Waals surface area contributed by atoms with Gasteiger partial charge >= 0.3 is 0 Å². The second-order valence-corrected chi connectivity index (χ2v) is 5.71. The molecule has 19 heavy (non-hydrogen) atoms. The van der Waals surface area contributed by atoms with Crippen LogP contribution in [0.1, 0.15) is 55.8 Å². The Hall–Kier alpha value is -1.35. The first-order valence-electron chi connectivity index (χ1n) is 7.23. The second-order valence-electron chi connectivity index (χ2n) is 5.71. The molecule has 0 fully saturated rings. The highest BCUT2D eigenvalue weighted by Crippen LogP contribution is 2.24. The molecule has 0 aromatic heterocycles. The maximum atomic E-state index is 11.7. The van der Waals surface area contributed by atoms with Gasteiger partial charge in [0.05, 0.1) is 6.04 Å². The Balaban J connectivity index is 2.03. The summed E-state index contributed by atoms with van der Waals surface area (Å²) in [7, 11) is 0. The summed E-state index contributed by atoms with van der Waals surface area (Å²) >= 11 is 0. The fourth-order valence-electron chi connectivity index (χ4n) is 2.70. The van der Waals surface area contributed by atoms with E-state index in [2.05, 4.69) is 23.5 Å². The molecule has 3 N–H and O–H groups in total. The van der Waals surface area contributed by atoms with Gasteiger partial charge in [0.1, 0.15) is 0 Å². The first kappa shape index (κ1) is 14.1. The molecule has 0 aliphatic heterocycles. The Labute approximate surface area is 115 Å². The van der Waals surface area contributed by atoms with Crippen LogP contribution in [0.3, 0.4) is 0 Å². The Morgan fingerprint density at radius 2 is 1.95 bits per heavy atom. The highest BCUT2D eigenvalue weighted by Gasteiger charge is 2.14. The molecule has 0 saturated carbocycles. The van der Waals surface area contributed by atoms with E-state index in [1.54, 1.807) is 0 Å². The van der Waals surface area contributed by atoms with Gasteiger partial charge in [-0.1, -0.05) is 18.2 Å². The summed E-state index contributed by atoms with van der Waals surface area (Å²) in [5.74, 6) is 0.0280. The second kappa shape index (κ2) is 6.20. The number of nitrogens with two attached hydrogens (primary N) is 1. The van der Waals surface area contributed by atoms with E-state index < -0.39 is 0 Å². The van der Waals surface area contributed by atoms with Crippen molar-refractivity contribution >= 4 is 5.91 Å². The van der Waals surface area contributed by atoms with Gasteiger partial charge in [0.25, 0.3) is 0 Å². The van der Waals surface area contributed by atoms with Crippen molar-refractivity contribution in [3.05, 3.63) is 34.9 Å². The van der Waals surface area contributed by atoms with Crippen molar-refractivity contribution in [2.45, 2.75) is 58.0 Å². The van der Waals surface area contributed by atoms with Crippen LogP contribution in [0.25, 0.3) is 0 Å². The Morgan fingerprint density at radius 3 is 2.63 bits per heavy atom. The van der Waals surface area contributed by atoms with Gasteiger partial charge in [0, 0.05) is 12.5 Å². The number of nitrogens with one attached hydrogen (secondary N) is 1. The molecule has 2 atom stereocenters. The fraction of sp³-hybridized carbons (Fsp3) is 0.562. The highest BCUT2D eigenvalue weighted by molar-refractivity contribution is 5.77. The van der Waals surface area contributed by atoms with E-state index in [-0.39, 0.29) is 18.0 Å². The predicted molar refractivity (Wildman–Crippen MR) is 77.9 cm³/mol. The van der Waals surface area contributed by atoms with Gasteiger partial charge < -0.3 is 11.1 Å². The summed E-state index contributed by atoms with van der Waals surface area (Å²) in [6.45, 7) is 3.88. The summed E-state index contributed by atoms with van der Waals surface area (Å²) in [5, 5.41) is 3.02. The summed E-state index contributed by atoms with van der Waals surface area (Å²) in [6.07, 6.45) is 5.33. The molecular formula is C16H24N2O. The molecule has 0 spiro atoms. The Kier molecular flexibility index (Phi) is 4.59. The summed E-state index contributed by atoms with van der Waals surface area (Å²) in [5.41, 5.74) is 9.76. The number of hydrogen-bond acceptors (Lipinski definition) is 2. The average molecular weight is 260 g/mol. The van der Waals surface area contributed by atoms with Gasteiger partial charge in [-0.3, -0.25) is 4.79 Å². The van der Waals surface area contributed by atoms with Crippen LogP contribution in [0.15, 0.2) is 18.2 Å². The van der Waals surface area contributed by atoms with Crippen molar-refractivity contribution in [3.8, 4) is 0 Å². The lowest BCUT2D eigenvalue weighted by molar-refractivity contribution is -0.122. The summed E-state index contributed by atoms with van der Waals surface area (Å²) < 4.78 is 0. The fourth-order valence-corrected chi connectivity index (χ4v) is 2.70. The van der Waals surface area contributed by atoms with Gasteiger partial charge in [0.2, 0.25) is 5.91 Å². The molecular weight excluding hydrogens is 236 g/mol. The molecule has 0 saturated heterocycles. The van der Waals surface area contributed by atoms with E-state index in [0.29, 0.717) is 6.42 Å². The van der Waals surface area contributed by atoms with Crippen molar-refractivity contribution in [1.82, 2.24) is 5.32 Å². The van der Waals surface area contributed by atoms with E-state index in [1.165, 1.54) is 42.4 Å². The van der Waals surface area contributed by atoms with E-state index in [9.17, 15) is 4.79 Å². The molecule has 2 unspecified atom stereocenters. The van der Waals surface area contributed by atoms with Crippen LogP contribution in [-0.2, 0) is 17.6 Å². The average Bonchev–Trinajstić information content (AvgIpc) is 2.37. The maximum absolute atomic E-state index is 11.7. The topological polar surface area (TPSA) is 55.1 Å². The predicted octanol–water partition coefficient (Wildman–Crippen LogP) is 2.48. The van der Waals surface area contributed by atoms with Crippen LogP contribution in [0.4, 0.5) is 0 Å². The lowest BCUT2D eigenvalue weighted by atomic mass is 9.89. The number of benzene rings is 1. The van der Waals surface area contributed by atoms with Crippen LogP contribution in [0.2, 0.25) is 0 Å². The highest BCUT2D eigenvalue weighted by atomic mass is 16.1. The van der Waals surface area contributed by atoms with E-state index in [4.69, 9.17) is 5.73 Å². The first-order chi connectivity index (χ1) is 9.06. The molecule has 104 valence electrons. The SMILES string of the molecule is CC(N)CC(=O)NC(C)c1ccc2c(c1)CCCC2. The van der Waals surface area contributed by atoms with Crippen LogP contribution in [0, 0.1) is 0 Å². The molecule has 3 heteroatoms. The summed E-state index contributed by atoms with van der Waals surface area (Å²) in [6, 6.07) is 6.58. The molecule has 1 aromatic carbocycles. The Morgan fingerprint density at radius 1 is 1.26 bits per heavy atom. The number of aryl methyl sites for hydroxylation is 2. The molecule has 2 rings (SSSR count). The lowest BCUT2D eigenvalue weighted by Gasteiger charge is -2.20. The number of amides is 1. The van der Waals surface area contributed by atoms with Gasteiger partial charge in [0.15, 0.2) is 0 Å². The molecule has 0 radical (unpaired) electrons. The van der Waals surface area contributed by atoms with E-state index >= 15 is 0 Å². The van der Waals surface area contributed by atoms with Crippen molar-refractivity contribution in [2.24, 2.45) is 5.73 Å². The number of fused-ring (bicyclic) bond motifs is 1. The van der Waals surface area contributed by atoms with Gasteiger partial charge in [-0.15, -0.1) is 0 Å². The molecule has 1 aliphatic rings. The molecule has 1 aliphatic carbocycles. The zero-order chi connectivity index (χ0) is 13.8. The van der Waals surface area contributed by atoms with Crippen LogP contribution in [0.5, 0.6) is 0 Å². The van der Waals surface area contributed by atoms with Gasteiger partial charge in [-0.2, -0.15) is 0 Å². The van der Waals surface area contributed by atoms with Crippen molar-refractivity contribution < 1.29 is 4.79 Å². The van der Waals surface area contributed by atoms with Crippen LogP contribution < -0.4 is 11.1 Å². The standard InChI is InChI=1S/C16H24N2O/c1-11(17)9-16(19)18-12(2)14-8-7-13-5-3-4-6-15(13)10-14/h7-8,10-12H,3-6,9,17H2,1-2H3,(H,18,19). The molecule has 0 heterocycles. The first-order valence-corrected chi connectivity index (χ1v) is 7.23. The van der Waals surface area contributed by atoms with Crippen molar-refractivity contribution in [1.29, 1.82) is 0 Å². The number of carbonyl (C=O) groups is 1. The zero-order valence-corrected chi connectivity index (χ0v) is 11.9. The van der Waals surface area contributed by atoms with Crippen LogP contribution in [-0.4, -0.2) is 11.9 Å². The molecule has 3 nitrogen and oxygen atoms in total. The van der Waals surface area contributed by atoms with Crippen LogP contribution >= 0.6 is 0 Å². The number of carbonyl (C=O) groups excluding carboxylic acids is 1. The lowest BCUT2D eigenvalue weighted by Crippen LogP contribution is -2.31. The van der Waals surface area contributed by atoms with Gasteiger partial charge in [-0.05, 0) is 56.2 Å². The summed E-state index contributed by atoms with van der Waals surface area (Å²) in [4.78, 5) is 11.7. The third-order valence-electron chi connectivity index (χ3n) is 3.76. The smallest absolute Gasteiger partial charge is 0.222 e. The number of rotatable bonds is 4. The van der Waals surface area contributed by atoms with Crippen molar-refractivity contribution in [3.63, 3.8) is 0 Å². The number of hydrogen-bond donors (Lipinski definition) is 2. The third-order valence-corrected chi connectivity index (χ3v) is 3.76. The quantitative estimate of drug-likeness (QED) is 0.874. The monoisotopic (exact) mass is 260 g/mol. The van der Waals surface area contributed by atoms with Gasteiger partial charge in [-0.25, -0.2) is 0 Å². The minimum absolute atomic E-state index is 0.0280. The van der Waals surface area contributed by atoms with E-state index in [1.807, 2.05) is 13.8 Å². The maximum Gasteiger partial charge on any atom is 0.222 e. The Bertz CT molecular complexity index is 454. The molecule has 1 amide bonds. The molecule has 1 aromatic rings. The largest absolute Gasteiger partial charge is 0.350 e. The van der Waals surface area contributed by atoms with E-state index in [0.717, 1.165) is 0 Å². The minimum atomic E-state index is -0.0873. The minimum Gasteiger partial charge on any atom is -0.350 e. The third kappa shape index (κ3) is 3.80. The van der Waals surface area contributed by atoms with Crippen molar-refractivity contribution in [2.75, 3.05) is 0 Å². The zero-order valence-electron chi connectivity index (χ0n) is 11.9.